The summed E-state index contributed by atoms with van der Waals surface area (Å²) in [6.45, 7) is 3.77. The molecule has 1 aromatic heterocycles. The molecule has 0 aliphatic carbocycles. The Balaban J connectivity index is 0.00000392. The van der Waals surface area contributed by atoms with E-state index >= 15 is 0 Å². The zero-order chi connectivity index (χ0) is 19.5. The Bertz CT molecular complexity index is 783. The van der Waals surface area contributed by atoms with E-state index in [2.05, 4.69) is 25.9 Å². The lowest BCUT2D eigenvalue weighted by Crippen LogP contribution is -2.38. The minimum atomic E-state index is -0.0798. The lowest BCUT2D eigenvalue weighted by Gasteiger charge is -2.14. The van der Waals surface area contributed by atoms with Crippen molar-refractivity contribution in [3.05, 3.63) is 59.3 Å². The van der Waals surface area contributed by atoms with Gasteiger partial charge in [-0.3, -0.25) is 9.79 Å². The predicted octanol–water partition coefficient (Wildman–Crippen LogP) is 2.37. The number of nitrogens with zero attached hydrogens (tertiary/aromatic N) is 2. The van der Waals surface area contributed by atoms with Gasteiger partial charge >= 0.3 is 0 Å². The van der Waals surface area contributed by atoms with Gasteiger partial charge in [-0.1, -0.05) is 18.2 Å². The molecule has 0 atom stereocenters. The maximum Gasteiger partial charge on any atom is 0.251 e. The Hall–Kier alpha value is -2.36. The van der Waals surface area contributed by atoms with Gasteiger partial charge in [-0.2, -0.15) is 0 Å². The van der Waals surface area contributed by atoms with E-state index < -0.39 is 0 Å². The number of nitrogens with one attached hydrogen (secondary N) is 3. The van der Waals surface area contributed by atoms with Gasteiger partial charge in [0.1, 0.15) is 0 Å². The van der Waals surface area contributed by atoms with E-state index in [1.807, 2.05) is 37.3 Å². The number of pyridine rings is 1. The van der Waals surface area contributed by atoms with Crippen LogP contribution in [0.4, 0.5) is 0 Å². The fraction of sp³-hybridized carbons (Fsp3) is 0.350. The molecule has 0 aliphatic heterocycles. The smallest absolute Gasteiger partial charge is 0.251 e. The Morgan fingerprint density at radius 1 is 1.21 bits per heavy atom. The van der Waals surface area contributed by atoms with Crippen molar-refractivity contribution in [2.24, 2.45) is 4.99 Å². The maximum absolute atomic E-state index is 11.7. The molecule has 3 N–H and O–H groups in total. The molecular weight excluding hydrogens is 469 g/mol. The summed E-state index contributed by atoms with van der Waals surface area (Å²) in [5.41, 5.74) is 2.73. The van der Waals surface area contributed by atoms with E-state index in [1.54, 1.807) is 26.4 Å². The fourth-order valence-electron chi connectivity index (χ4n) is 2.56. The normalized spacial score (nSPS) is 10.6. The molecule has 0 aliphatic rings. The number of hydrogen-bond acceptors (Lipinski definition) is 4. The summed E-state index contributed by atoms with van der Waals surface area (Å²) >= 11 is 0. The number of hydrogen-bond donors (Lipinski definition) is 3. The first-order chi connectivity index (χ1) is 13.2. The van der Waals surface area contributed by atoms with Gasteiger partial charge in [-0.25, -0.2) is 4.98 Å². The van der Waals surface area contributed by atoms with Crippen LogP contribution in [0, 0.1) is 0 Å². The van der Waals surface area contributed by atoms with Gasteiger partial charge in [-0.05, 0) is 37.1 Å². The fourth-order valence-corrected chi connectivity index (χ4v) is 2.56. The summed E-state index contributed by atoms with van der Waals surface area (Å²) in [6.07, 6.45) is 2.50. The minimum absolute atomic E-state index is 0. The van der Waals surface area contributed by atoms with Gasteiger partial charge in [0.15, 0.2) is 5.96 Å². The molecular formula is C20H28IN5O2. The van der Waals surface area contributed by atoms with E-state index in [0.717, 1.165) is 17.5 Å². The summed E-state index contributed by atoms with van der Waals surface area (Å²) in [5.74, 6) is 1.25. The van der Waals surface area contributed by atoms with E-state index in [0.29, 0.717) is 37.1 Å². The van der Waals surface area contributed by atoms with Crippen LogP contribution >= 0.6 is 24.0 Å². The number of ether oxygens (including phenoxy) is 1. The quantitative estimate of drug-likeness (QED) is 0.296. The molecule has 152 valence electrons. The van der Waals surface area contributed by atoms with Gasteiger partial charge in [0, 0.05) is 44.5 Å². The summed E-state index contributed by atoms with van der Waals surface area (Å²) < 4.78 is 5.54. The van der Waals surface area contributed by atoms with Crippen molar-refractivity contribution in [1.29, 1.82) is 0 Å². The zero-order valence-electron chi connectivity index (χ0n) is 16.5. The van der Waals surface area contributed by atoms with Crippen molar-refractivity contribution < 1.29 is 9.53 Å². The van der Waals surface area contributed by atoms with Gasteiger partial charge in [0.05, 0.1) is 6.61 Å². The molecule has 2 rings (SSSR count). The largest absolute Gasteiger partial charge is 0.478 e. The molecule has 1 amide bonds. The molecule has 1 aromatic carbocycles. The van der Waals surface area contributed by atoms with Crippen LogP contribution in [0.3, 0.4) is 0 Å². The summed E-state index contributed by atoms with van der Waals surface area (Å²) in [6, 6.07) is 11.5. The number of aliphatic imine (C=N–C) groups is 1. The van der Waals surface area contributed by atoms with Crippen LogP contribution in [0.15, 0.2) is 47.6 Å². The highest BCUT2D eigenvalue weighted by molar-refractivity contribution is 14.0. The molecule has 8 heteroatoms. The zero-order valence-corrected chi connectivity index (χ0v) is 18.8. The number of carbonyl (C=O) groups excluding carboxylic acids is 1. The lowest BCUT2D eigenvalue weighted by molar-refractivity contribution is 0.0963. The molecule has 0 radical (unpaired) electrons. The average molecular weight is 497 g/mol. The van der Waals surface area contributed by atoms with Crippen LogP contribution in [0.2, 0.25) is 0 Å². The summed E-state index contributed by atoms with van der Waals surface area (Å²) in [5, 5.41) is 9.18. The van der Waals surface area contributed by atoms with Crippen LogP contribution in [0.25, 0.3) is 0 Å². The van der Waals surface area contributed by atoms with Crippen molar-refractivity contribution in [3.63, 3.8) is 0 Å². The molecule has 1 heterocycles. The van der Waals surface area contributed by atoms with Crippen LogP contribution in [0.1, 0.15) is 28.4 Å². The van der Waals surface area contributed by atoms with Crippen molar-refractivity contribution in [3.8, 4) is 5.88 Å². The van der Waals surface area contributed by atoms with Crippen molar-refractivity contribution in [2.45, 2.75) is 19.9 Å². The molecule has 2 aromatic rings. The van der Waals surface area contributed by atoms with Crippen LogP contribution < -0.4 is 20.7 Å². The first-order valence-electron chi connectivity index (χ1n) is 9.00. The van der Waals surface area contributed by atoms with Gasteiger partial charge < -0.3 is 20.7 Å². The van der Waals surface area contributed by atoms with Gasteiger partial charge in [0.2, 0.25) is 5.88 Å². The van der Waals surface area contributed by atoms with E-state index in [1.165, 1.54) is 0 Å². The topological polar surface area (TPSA) is 87.6 Å². The number of halogens is 1. The Morgan fingerprint density at radius 2 is 2.04 bits per heavy atom. The molecule has 0 spiro atoms. The second-order valence-corrected chi connectivity index (χ2v) is 5.78. The van der Waals surface area contributed by atoms with Crippen molar-refractivity contribution in [2.75, 3.05) is 27.2 Å². The second-order valence-electron chi connectivity index (χ2n) is 5.78. The SMILES string of the molecule is CCOc1ncccc1CNC(=NC)NCCc1cccc(C(=O)NC)c1.I. The second kappa shape index (κ2) is 12.9. The molecule has 0 fully saturated rings. The third-order valence-corrected chi connectivity index (χ3v) is 3.92. The molecule has 0 bridgehead atoms. The third kappa shape index (κ3) is 7.34. The lowest BCUT2D eigenvalue weighted by atomic mass is 10.1. The highest BCUT2D eigenvalue weighted by atomic mass is 127. The van der Waals surface area contributed by atoms with E-state index in [9.17, 15) is 4.79 Å². The van der Waals surface area contributed by atoms with E-state index in [4.69, 9.17) is 4.74 Å². The predicted molar refractivity (Wildman–Crippen MR) is 123 cm³/mol. The van der Waals surface area contributed by atoms with Crippen molar-refractivity contribution >= 4 is 35.8 Å². The monoisotopic (exact) mass is 497 g/mol. The average Bonchev–Trinajstić information content (AvgIpc) is 2.71. The van der Waals surface area contributed by atoms with E-state index in [-0.39, 0.29) is 29.9 Å². The minimum Gasteiger partial charge on any atom is -0.478 e. The molecule has 28 heavy (non-hydrogen) atoms. The van der Waals surface area contributed by atoms with Gasteiger partial charge in [-0.15, -0.1) is 24.0 Å². The summed E-state index contributed by atoms with van der Waals surface area (Å²) in [7, 11) is 3.36. The third-order valence-electron chi connectivity index (χ3n) is 3.92. The molecule has 0 saturated heterocycles. The number of amides is 1. The Labute approximate surface area is 183 Å². The first kappa shape index (κ1) is 23.7. The van der Waals surface area contributed by atoms with Crippen LogP contribution in [-0.4, -0.2) is 44.1 Å². The van der Waals surface area contributed by atoms with Gasteiger partial charge in [0.25, 0.3) is 5.91 Å². The Morgan fingerprint density at radius 3 is 2.75 bits per heavy atom. The number of aromatic nitrogens is 1. The summed E-state index contributed by atoms with van der Waals surface area (Å²) in [4.78, 5) is 20.2. The molecule has 0 unspecified atom stereocenters. The maximum atomic E-state index is 11.7. The molecule has 0 saturated carbocycles. The van der Waals surface area contributed by atoms with Crippen molar-refractivity contribution in [1.82, 2.24) is 20.9 Å². The number of guanidine groups is 1. The standard InChI is InChI=1S/C20H27N5O2.HI/c1-4-27-19-17(9-6-11-23-19)14-25-20(22-3)24-12-10-15-7-5-8-16(13-15)18(26)21-2;/h5-9,11,13H,4,10,12,14H2,1-3H3,(H,21,26)(H2,22,24,25);1H. The first-order valence-corrected chi connectivity index (χ1v) is 9.00. The van der Waals surface area contributed by atoms with Crippen LogP contribution in [0.5, 0.6) is 5.88 Å². The Kier molecular flexibility index (Phi) is 10.9. The number of rotatable bonds is 8. The number of carbonyl (C=O) groups is 1. The highest BCUT2D eigenvalue weighted by Crippen LogP contribution is 2.13. The number of benzene rings is 1. The highest BCUT2D eigenvalue weighted by Gasteiger charge is 2.06. The van der Waals surface area contributed by atoms with Crippen LogP contribution in [-0.2, 0) is 13.0 Å². The molecule has 7 nitrogen and oxygen atoms in total.